The Morgan fingerprint density at radius 2 is 2.00 bits per heavy atom. The predicted molar refractivity (Wildman–Crippen MR) is 76.0 cm³/mol. The fourth-order valence-electron chi connectivity index (χ4n) is 2.80. The third-order valence-electron chi connectivity index (χ3n) is 3.75. The molecule has 1 fully saturated rings. The first-order valence-corrected chi connectivity index (χ1v) is 7.09. The molecule has 4 heteroatoms. The van der Waals surface area contributed by atoms with Crippen LogP contribution in [0, 0.1) is 5.82 Å². The van der Waals surface area contributed by atoms with Gasteiger partial charge < -0.3 is 9.73 Å². The van der Waals surface area contributed by atoms with E-state index >= 15 is 0 Å². The summed E-state index contributed by atoms with van der Waals surface area (Å²) in [5.74, 6) is 0.628. The van der Waals surface area contributed by atoms with Crippen molar-refractivity contribution in [3.8, 4) is 0 Å². The molecule has 1 atom stereocenters. The van der Waals surface area contributed by atoms with Gasteiger partial charge in [0.2, 0.25) is 0 Å². The van der Waals surface area contributed by atoms with Crippen LogP contribution in [0.25, 0.3) is 0 Å². The van der Waals surface area contributed by atoms with Gasteiger partial charge in [-0.2, -0.15) is 0 Å². The average Bonchev–Trinajstić information content (AvgIpc) is 2.85. The van der Waals surface area contributed by atoms with Crippen LogP contribution < -0.4 is 5.32 Å². The van der Waals surface area contributed by atoms with Crippen molar-refractivity contribution in [3.63, 3.8) is 0 Å². The average molecular weight is 274 g/mol. The van der Waals surface area contributed by atoms with E-state index in [1.54, 1.807) is 12.3 Å². The van der Waals surface area contributed by atoms with E-state index in [1.807, 2.05) is 24.3 Å². The Morgan fingerprint density at radius 3 is 2.80 bits per heavy atom. The molecule has 0 spiro atoms. The van der Waals surface area contributed by atoms with E-state index in [9.17, 15) is 4.39 Å². The topological polar surface area (TPSA) is 28.4 Å². The summed E-state index contributed by atoms with van der Waals surface area (Å²) < 4.78 is 19.8. The second kappa shape index (κ2) is 6.20. The van der Waals surface area contributed by atoms with Gasteiger partial charge in [0.15, 0.2) is 0 Å². The predicted octanol–water partition coefficient (Wildman–Crippen LogP) is 2.80. The molecule has 0 radical (unpaired) electrons. The normalized spacial score (nSPS) is 18.6. The van der Waals surface area contributed by atoms with Crippen molar-refractivity contribution < 1.29 is 8.81 Å². The highest BCUT2D eigenvalue weighted by Crippen LogP contribution is 2.31. The van der Waals surface area contributed by atoms with E-state index < -0.39 is 0 Å². The second-order valence-electron chi connectivity index (χ2n) is 5.08. The van der Waals surface area contributed by atoms with Crippen molar-refractivity contribution in [2.45, 2.75) is 12.5 Å². The molecule has 2 heterocycles. The van der Waals surface area contributed by atoms with Gasteiger partial charge in [0, 0.05) is 25.2 Å². The minimum absolute atomic E-state index is 0.147. The first kappa shape index (κ1) is 13.3. The fourth-order valence-corrected chi connectivity index (χ4v) is 2.80. The molecule has 0 saturated carbocycles. The summed E-state index contributed by atoms with van der Waals surface area (Å²) in [5.41, 5.74) is 0.685. The maximum Gasteiger partial charge on any atom is 0.128 e. The molecule has 1 N–H and O–H groups in total. The number of halogens is 1. The highest BCUT2D eigenvalue weighted by molar-refractivity contribution is 5.28. The summed E-state index contributed by atoms with van der Waals surface area (Å²) in [6, 6.07) is 10.6. The molecule has 2 aromatic rings. The standard InChI is InChI=1S/C16H19FN2O/c17-14-6-2-1-5-13(14)16(15-7-3-12-20-15)19-10-4-8-18-9-11-19/h1-3,5-7,12,16,18H,4,8-11H2. The Labute approximate surface area is 118 Å². The van der Waals surface area contributed by atoms with Crippen molar-refractivity contribution in [2.75, 3.05) is 26.2 Å². The molecule has 1 aliphatic heterocycles. The molecule has 3 rings (SSSR count). The number of hydrogen-bond donors (Lipinski definition) is 1. The molecule has 106 valence electrons. The van der Waals surface area contributed by atoms with Crippen LogP contribution in [0.3, 0.4) is 0 Å². The van der Waals surface area contributed by atoms with Crippen molar-refractivity contribution in [1.82, 2.24) is 10.2 Å². The van der Waals surface area contributed by atoms with E-state index in [-0.39, 0.29) is 11.9 Å². The molecular formula is C16H19FN2O. The Balaban J connectivity index is 1.98. The lowest BCUT2D eigenvalue weighted by Gasteiger charge is -2.29. The summed E-state index contributed by atoms with van der Waals surface area (Å²) in [6.07, 6.45) is 2.71. The van der Waals surface area contributed by atoms with Gasteiger partial charge in [-0.3, -0.25) is 4.90 Å². The third-order valence-corrected chi connectivity index (χ3v) is 3.75. The maximum atomic E-state index is 14.2. The quantitative estimate of drug-likeness (QED) is 0.933. The van der Waals surface area contributed by atoms with Crippen molar-refractivity contribution in [1.29, 1.82) is 0 Å². The van der Waals surface area contributed by atoms with E-state index in [0.717, 1.165) is 38.4 Å². The van der Waals surface area contributed by atoms with Gasteiger partial charge >= 0.3 is 0 Å². The molecule has 1 saturated heterocycles. The van der Waals surface area contributed by atoms with Crippen LogP contribution in [-0.2, 0) is 0 Å². The minimum atomic E-state index is -0.175. The van der Waals surface area contributed by atoms with Gasteiger partial charge in [0.1, 0.15) is 11.6 Å². The summed E-state index contributed by atoms with van der Waals surface area (Å²) in [5, 5.41) is 3.38. The molecule has 3 nitrogen and oxygen atoms in total. The summed E-state index contributed by atoms with van der Waals surface area (Å²) >= 11 is 0. The summed E-state index contributed by atoms with van der Waals surface area (Å²) in [4.78, 5) is 2.29. The second-order valence-corrected chi connectivity index (χ2v) is 5.08. The van der Waals surface area contributed by atoms with Crippen LogP contribution in [0.5, 0.6) is 0 Å². The number of hydrogen-bond acceptors (Lipinski definition) is 3. The van der Waals surface area contributed by atoms with Crippen LogP contribution in [0.2, 0.25) is 0 Å². The molecule has 0 aliphatic carbocycles. The zero-order valence-corrected chi connectivity index (χ0v) is 11.4. The van der Waals surface area contributed by atoms with Gasteiger partial charge in [-0.25, -0.2) is 4.39 Å². The number of nitrogens with one attached hydrogen (secondary N) is 1. The third kappa shape index (κ3) is 2.76. The maximum absolute atomic E-state index is 14.2. The monoisotopic (exact) mass is 274 g/mol. The molecule has 1 aliphatic rings. The highest BCUT2D eigenvalue weighted by atomic mass is 19.1. The van der Waals surface area contributed by atoms with E-state index in [0.29, 0.717) is 5.56 Å². The molecule has 20 heavy (non-hydrogen) atoms. The SMILES string of the molecule is Fc1ccccc1C(c1ccco1)N1CCCNCC1. The molecule has 0 amide bonds. The van der Waals surface area contributed by atoms with Crippen LogP contribution in [0.4, 0.5) is 4.39 Å². The lowest BCUT2D eigenvalue weighted by Crippen LogP contribution is -2.33. The smallest absolute Gasteiger partial charge is 0.128 e. The molecule has 1 aromatic heterocycles. The first-order chi connectivity index (χ1) is 9.86. The molecule has 1 aromatic carbocycles. The van der Waals surface area contributed by atoms with Crippen LogP contribution >= 0.6 is 0 Å². The van der Waals surface area contributed by atoms with Crippen LogP contribution in [-0.4, -0.2) is 31.1 Å². The van der Waals surface area contributed by atoms with Gasteiger partial charge in [0.05, 0.1) is 12.3 Å². The lowest BCUT2D eigenvalue weighted by molar-refractivity contribution is 0.212. The Hall–Kier alpha value is -1.65. The van der Waals surface area contributed by atoms with Crippen LogP contribution in [0.15, 0.2) is 47.1 Å². The van der Waals surface area contributed by atoms with Crippen molar-refractivity contribution >= 4 is 0 Å². The number of furan rings is 1. The molecule has 1 unspecified atom stereocenters. The Bertz CT molecular complexity index is 533. The van der Waals surface area contributed by atoms with E-state index in [1.165, 1.54) is 6.07 Å². The van der Waals surface area contributed by atoms with Gasteiger partial charge in [-0.1, -0.05) is 18.2 Å². The highest BCUT2D eigenvalue weighted by Gasteiger charge is 2.27. The summed E-state index contributed by atoms with van der Waals surface area (Å²) in [7, 11) is 0. The molecule has 0 bridgehead atoms. The minimum Gasteiger partial charge on any atom is -0.467 e. The summed E-state index contributed by atoms with van der Waals surface area (Å²) in [6.45, 7) is 3.76. The fraction of sp³-hybridized carbons (Fsp3) is 0.375. The van der Waals surface area contributed by atoms with Crippen LogP contribution in [0.1, 0.15) is 23.8 Å². The van der Waals surface area contributed by atoms with E-state index in [2.05, 4.69) is 10.2 Å². The van der Waals surface area contributed by atoms with Crippen molar-refractivity contribution in [2.24, 2.45) is 0 Å². The van der Waals surface area contributed by atoms with Crippen molar-refractivity contribution in [3.05, 3.63) is 59.8 Å². The Morgan fingerprint density at radius 1 is 1.10 bits per heavy atom. The number of rotatable bonds is 3. The van der Waals surface area contributed by atoms with Gasteiger partial charge in [0.25, 0.3) is 0 Å². The number of nitrogens with zero attached hydrogens (tertiary/aromatic N) is 1. The first-order valence-electron chi connectivity index (χ1n) is 7.09. The molecular weight excluding hydrogens is 255 g/mol. The Kier molecular flexibility index (Phi) is 4.14. The lowest BCUT2D eigenvalue weighted by atomic mass is 10.0. The van der Waals surface area contributed by atoms with Gasteiger partial charge in [-0.15, -0.1) is 0 Å². The zero-order valence-electron chi connectivity index (χ0n) is 11.4. The van der Waals surface area contributed by atoms with E-state index in [4.69, 9.17) is 4.42 Å². The van der Waals surface area contributed by atoms with Gasteiger partial charge in [-0.05, 0) is 31.2 Å². The largest absolute Gasteiger partial charge is 0.467 e. The zero-order chi connectivity index (χ0) is 13.8. The number of benzene rings is 1.